The number of nitrogens with one attached hydrogen (secondary N) is 1. The molecule has 11 heavy (non-hydrogen) atoms. The second-order valence-electron chi connectivity index (χ2n) is 3.50. The Bertz CT molecular complexity index is 210. The number of carbonyl (C=O) groups is 1. The van der Waals surface area contributed by atoms with Crippen LogP contribution < -0.4 is 5.32 Å². The van der Waals surface area contributed by atoms with Crippen LogP contribution in [0.15, 0.2) is 12.2 Å². The molecule has 2 nitrogen and oxygen atoms in total. The summed E-state index contributed by atoms with van der Waals surface area (Å²) in [6.45, 7) is 0. The Balaban J connectivity index is 2.08. The van der Waals surface area contributed by atoms with Crippen LogP contribution in [0.1, 0.15) is 12.8 Å². The van der Waals surface area contributed by atoms with Gasteiger partial charge >= 0.3 is 0 Å². The molecule has 0 saturated heterocycles. The molecule has 0 aromatic rings. The van der Waals surface area contributed by atoms with Gasteiger partial charge in [-0.15, -0.1) is 0 Å². The van der Waals surface area contributed by atoms with Gasteiger partial charge in [-0.05, 0) is 24.7 Å². The minimum absolute atomic E-state index is 0.224. The van der Waals surface area contributed by atoms with Gasteiger partial charge in [-0.2, -0.15) is 0 Å². The smallest absolute Gasteiger partial charge is 0.223 e. The number of hydrogen-bond acceptors (Lipinski definition) is 1. The van der Waals surface area contributed by atoms with Crippen LogP contribution >= 0.6 is 0 Å². The lowest BCUT2D eigenvalue weighted by Crippen LogP contribution is -2.29. The molecule has 2 aliphatic carbocycles. The predicted molar refractivity (Wildman–Crippen MR) is 42.9 cm³/mol. The van der Waals surface area contributed by atoms with Crippen LogP contribution in [0.4, 0.5) is 0 Å². The van der Waals surface area contributed by atoms with Crippen molar-refractivity contribution in [3.05, 3.63) is 12.2 Å². The summed E-state index contributed by atoms with van der Waals surface area (Å²) >= 11 is 0. The van der Waals surface area contributed by atoms with Crippen molar-refractivity contribution in [3.8, 4) is 0 Å². The molecule has 1 saturated carbocycles. The van der Waals surface area contributed by atoms with Crippen molar-refractivity contribution in [1.29, 1.82) is 0 Å². The highest BCUT2D eigenvalue weighted by Gasteiger charge is 2.39. The highest BCUT2D eigenvalue weighted by molar-refractivity contribution is 5.79. The molecule has 1 fully saturated rings. The summed E-state index contributed by atoms with van der Waals surface area (Å²) in [4.78, 5) is 11.3. The fraction of sp³-hybridized carbons (Fsp3) is 0.667. The largest absolute Gasteiger partial charge is 0.359 e. The van der Waals surface area contributed by atoms with Crippen LogP contribution in [0.2, 0.25) is 0 Å². The molecule has 2 aliphatic rings. The number of amides is 1. The Morgan fingerprint density at radius 1 is 1.45 bits per heavy atom. The number of allylic oxidation sites excluding steroid dienone is 2. The Labute approximate surface area is 66.7 Å². The lowest BCUT2D eigenvalue weighted by atomic mass is 9.93. The Hall–Kier alpha value is -0.790. The quantitative estimate of drug-likeness (QED) is 0.555. The standard InChI is InChI=1S/C9H13NO/c1-10-9(11)8-5-6-2-3-7(8)4-6/h2-3,6-8H,4-5H2,1H3,(H,10,11)/t6-,7-,8+/m0/s1. The molecule has 1 amide bonds. The average molecular weight is 151 g/mol. The van der Waals surface area contributed by atoms with Gasteiger partial charge in [0.05, 0.1) is 0 Å². The molecule has 0 aromatic carbocycles. The zero-order chi connectivity index (χ0) is 7.84. The molecule has 0 aliphatic heterocycles. The van der Waals surface area contributed by atoms with E-state index in [4.69, 9.17) is 0 Å². The van der Waals surface area contributed by atoms with E-state index in [1.807, 2.05) is 0 Å². The first-order valence-electron chi connectivity index (χ1n) is 4.21. The average Bonchev–Trinajstić information content (AvgIpc) is 2.62. The fourth-order valence-corrected chi connectivity index (χ4v) is 2.27. The van der Waals surface area contributed by atoms with Crippen LogP contribution in [-0.4, -0.2) is 13.0 Å². The minimum atomic E-state index is 0.224. The van der Waals surface area contributed by atoms with E-state index in [9.17, 15) is 4.79 Å². The highest BCUT2D eigenvalue weighted by Crippen LogP contribution is 2.43. The van der Waals surface area contributed by atoms with Crippen molar-refractivity contribution in [2.45, 2.75) is 12.8 Å². The van der Waals surface area contributed by atoms with Gasteiger partial charge in [-0.3, -0.25) is 4.79 Å². The van der Waals surface area contributed by atoms with E-state index < -0.39 is 0 Å². The van der Waals surface area contributed by atoms with Crippen LogP contribution in [0, 0.1) is 17.8 Å². The molecule has 0 aromatic heterocycles. The third kappa shape index (κ3) is 0.971. The van der Waals surface area contributed by atoms with Gasteiger partial charge in [0.1, 0.15) is 0 Å². The third-order valence-corrected chi connectivity index (χ3v) is 2.86. The predicted octanol–water partition coefficient (Wildman–Crippen LogP) is 0.945. The Kier molecular flexibility index (Phi) is 1.48. The molecule has 0 heterocycles. The van der Waals surface area contributed by atoms with E-state index in [0.717, 1.165) is 6.42 Å². The van der Waals surface area contributed by atoms with Gasteiger partial charge in [0.15, 0.2) is 0 Å². The first-order chi connectivity index (χ1) is 5.31. The van der Waals surface area contributed by atoms with E-state index in [1.54, 1.807) is 7.05 Å². The summed E-state index contributed by atoms with van der Waals surface area (Å²) in [5.41, 5.74) is 0. The maximum atomic E-state index is 11.3. The van der Waals surface area contributed by atoms with E-state index in [1.165, 1.54) is 6.42 Å². The Morgan fingerprint density at radius 3 is 2.73 bits per heavy atom. The minimum Gasteiger partial charge on any atom is -0.359 e. The monoisotopic (exact) mass is 151 g/mol. The third-order valence-electron chi connectivity index (χ3n) is 2.86. The first kappa shape index (κ1) is 6.89. The molecule has 1 N–H and O–H groups in total. The van der Waals surface area contributed by atoms with Gasteiger partial charge in [-0.25, -0.2) is 0 Å². The SMILES string of the molecule is CNC(=O)[C@@H]1C[C@H]2C=C[C@H]1C2. The number of rotatable bonds is 1. The van der Waals surface area contributed by atoms with Gasteiger partial charge in [-0.1, -0.05) is 12.2 Å². The topological polar surface area (TPSA) is 29.1 Å². The summed E-state index contributed by atoms with van der Waals surface area (Å²) < 4.78 is 0. The van der Waals surface area contributed by atoms with Crippen molar-refractivity contribution < 1.29 is 4.79 Å². The fourth-order valence-electron chi connectivity index (χ4n) is 2.27. The van der Waals surface area contributed by atoms with E-state index in [2.05, 4.69) is 17.5 Å². The second kappa shape index (κ2) is 2.36. The molecule has 0 spiro atoms. The van der Waals surface area contributed by atoms with Crippen LogP contribution in [-0.2, 0) is 4.79 Å². The number of carbonyl (C=O) groups excluding carboxylic acids is 1. The Morgan fingerprint density at radius 2 is 2.27 bits per heavy atom. The molecule has 2 rings (SSSR count). The van der Waals surface area contributed by atoms with Crippen molar-refractivity contribution in [2.24, 2.45) is 17.8 Å². The maximum Gasteiger partial charge on any atom is 0.223 e. The van der Waals surface area contributed by atoms with Crippen LogP contribution in [0.3, 0.4) is 0 Å². The van der Waals surface area contributed by atoms with E-state index in [-0.39, 0.29) is 11.8 Å². The maximum absolute atomic E-state index is 11.3. The van der Waals surface area contributed by atoms with E-state index >= 15 is 0 Å². The number of hydrogen-bond donors (Lipinski definition) is 1. The first-order valence-corrected chi connectivity index (χ1v) is 4.21. The lowest BCUT2D eigenvalue weighted by Gasteiger charge is -2.15. The van der Waals surface area contributed by atoms with Crippen molar-refractivity contribution in [2.75, 3.05) is 7.05 Å². The summed E-state index contributed by atoms with van der Waals surface area (Å²) in [5.74, 6) is 1.74. The van der Waals surface area contributed by atoms with Crippen molar-refractivity contribution in [1.82, 2.24) is 5.32 Å². The van der Waals surface area contributed by atoms with Crippen LogP contribution in [0.5, 0.6) is 0 Å². The van der Waals surface area contributed by atoms with Crippen LogP contribution in [0.25, 0.3) is 0 Å². The number of fused-ring (bicyclic) bond motifs is 2. The molecule has 0 radical (unpaired) electrons. The molecule has 60 valence electrons. The summed E-state index contributed by atoms with van der Waals surface area (Å²) in [7, 11) is 1.72. The molecular formula is C9H13NO. The second-order valence-corrected chi connectivity index (χ2v) is 3.50. The highest BCUT2D eigenvalue weighted by atomic mass is 16.1. The molecular weight excluding hydrogens is 138 g/mol. The normalized spacial score (nSPS) is 39.5. The van der Waals surface area contributed by atoms with E-state index in [0.29, 0.717) is 11.8 Å². The molecule has 3 atom stereocenters. The lowest BCUT2D eigenvalue weighted by molar-refractivity contribution is -0.125. The zero-order valence-corrected chi connectivity index (χ0v) is 6.71. The van der Waals surface area contributed by atoms with Gasteiger partial charge in [0.2, 0.25) is 5.91 Å². The van der Waals surface area contributed by atoms with Crippen molar-refractivity contribution in [3.63, 3.8) is 0 Å². The van der Waals surface area contributed by atoms with Gasteiger partial charge in [0.25, 0.3) is 0 Å². The molecule has 2 heteroatoms. The molecule has 0 unspecified atom stereocenters. The molecule has 2 bridgehead atoms. The zero-order valence-electron chi connectivity index (χ0n) is 6.71. The van der Waals surface area contributed by atoms with Gasteiger partial charge in [0, 0.05) is 13.0 Å². The summed E-state index contributed by atoms with van der Waals surface area (Å²) in [6, 6.07) is 0. The summed E-state index contributed by atoms with van der Waals surface area (Å²) in [6.07, 6.45) is 6.73. The van der Waals surface area contributed by atoms with Crippen molar-refractivity contribution >= 4 is 5.91 Å². The van der Waals surface area contributed by atoms with Gasteiger partial charge < -0.3 is 5.32 Å². The summed E-state index contributed by atoms with van der Waals surface area (Å²) in [5, 5.41) is 2.72.